The van der Waals surface area contributed by atoms with Crippen LogP contribution in [-0.4, -0.2) is 12.3 Å². The SMILES string of the molecule is COCc1cc(Br)no1. The fourth-order valence-electron chi connectivity index (χ4n) is 0.498. The Morgan fingerprint density at radius 1 is 1.89 bits per heavy atom. The summed E-state index contributed by atoms with van der Waals surface area (Å²) in [6, 6.07) is 1.77. The Kier molecular flexibility index (Phi) is 2.24. The Labute approximate surface area is 61.1 Å². The third-order valence-corrected chi connectivity index (χ3v) is 1.19. The maximum Gasteiger partial charge on any atom is 0.163 e. The Morgan fingerprint density at radius 2 is 2.67 bits per heavy atom. The summed E-state index contributed by atoms with van der Waals surface area (Å²) in [6.07, 6.45) is 0. The molecule has 4 heteroatoms. The summed E-state index contributed by atoms with van der Waals surface area (Å²) < 4.78 is 10.3. The third kappa shape index (κ3) is 1.80. The van der Waals surface area contributed by atoms with Gasteiger partial charge in [-0.25, -0.2) is 0 Å². The molecule has 9 heavy (non-hydrogen) atoms. The summed E-state index contributed by atoms with van der Waals surface area (Å²) >= 11 is 3.14. The van der Waals surface area contributed by atoms with Crippen LogP contribution in [-0.2, 0) is 11.3 Å². The van der Waals surface area contributed by atoms with Crippen molar-refractivity contribution in [1.82, 2.24) is 5.16 Å². The zero-order valence-corrected chi connectivity index (χ0v) is 6.51. The molecule has 0 aliphatic carbocycles. The predicted molar refractivity (Wildman–Crippen MR) is 34.9 cm³/mol. The lowest BCUT2D eigenvalue weighted by Gasteiger charge is -1.86. The molecule has 0 saturated carbocycles. The van der Waals surface area contributed by atoms with E-state index in [1.807, 2.05) is 0 Å². The van der Waals surface area contributed by atoms with E-state index in [1.165, 1.54) is 0 Å². The van der Waals surface area contributed by atoms with Gasteiger partial charge in [-0.2, -0.15) is 0 Å². The molecule has 0 spiro atoms. The molecule has 1 aromatic rings. The molecule has 0 aromatic carbocycles. The lowest BCUT2D eigenvalue weighted by Crippen LogP contribution is -1.81. The average Bonchev–Trinajstić information content (AvgIpc) is 2.17. The monoisotopic (exact) mass is 191 g/mol. The zero-order chi connectivity index (χ0) is 6.69. The highest BCUT2D eigenvalue weighted by Gasteiger charge is 1.98. The normalized spacial score (nSPS) is 10.0. The van der Waals surface area contributed by atoms with E-state index in [1.54, 1.807) is 13.2 Å². The van der Waals surface area contributed by atoms with Crippen molar-refractivity contribution < 1.29 is 9.26 Å². The summed E-state index contributed by atoms with van der Waals surface area (Å²) in [5.41, 5.74) is 0. The minimum Gasteiger partial charge on any atom is -0.377 e. The minimum atomic E-state index is 0.471. The van der Waals surface area contributed by atoms with Gasteiger partial charge in [-0.3, -0.25) is 0 Å². The highest BCUT2D eigenvalue weighted by atomic mass is 79.9. The van der Waals surface area contributed by atoms with Gasteiger partial charge >= 0.3 is 0 Å². The minimum absolute atomic E-state index is 0.471. The first-order valence-corrected chi connectivity index (χ1v) is 3.22. The first kappa shape index (κ1) is 6.77. The van der Waals surface area contributed by atoms with E-state index in [0.29, 0.717) is 11.2 Å². The lowest BCUT2D eigenvalue weighted by atomic mass is 10.5. The number of nitrogens with zero attached hydrogens (tertiary/aromatic N) is 1. The number of hydrogen-bond acceptors (Lipinski definition) is 3. The second-order valence-electron chi connectivity index (χ2n) is 1.55. The van der Waals surface area contributed by atoms with Crippen LogP contribution in [0.25, 0.3) is 0 Å². The summed E-state index contributed by atoms with van der Waals surface area (Å²) in [5, 5.41) is 3.60. The van der Waals surface area contributed by atoms with E-state index in [9.17, 15) is 0 Å². The number of hydrogen-bond donors (Lipinski definition) is 0. The van der Waals surface area contributed by atoms with E-state index in [0.717, 1.165) is 5.76 Å². The number of rotatable bonds is 2. The molecule has 50 valence electrons. The average molecular weight is 192 g/mol. The van der Waals surface area contributed by atoms with Crippen molar-refractivity contribution in [2.75, 3.05) is 7.11 Å². The van der Waals surface area contributed by atoms with Gasteiger partial charge in [0.1, 0.15) is 11.2 Å². The molecule has 3 nitrogen and oxygen atoms in total. The maximum absolute atomic E-state index is 4.79. The molecule has 1 heterocycles. The van der Waals surface area contributed by atoms with Crippen LogP contribution in [0, 0.1) is 0 Å². The van der Waals surface area contributed by atoms with Gasteiger partial charge in [0.15, 0.2) is 5.76 Å². The van der Waals surface area contributed by atoms with E-state index < -0.39 is 0 Å². The number of methoxy groups -OCH3 is 1. The second kappa shape index (κ2) is 2.98. The number of ether oxygens (including phenoxy) is 1. The first-order valence-electron chi connectivity index (χ1n) is 2.43. The van der Waals surface area contributed by atoms with E-state index >= 15 is 0 Å². The Morgan fingerprint density at radius 3 is 3.11 bits per heavy atom. The van der Waals surface area contributed by atoms with Crippen LogP contribution in [0.1, 0.15) is 5.76 Å². The van der Waals surface area contributed by atoms with Crippen LogP contribution < -0.4 is 0 Å². The molecule has 0 fully saturated rings. The van der Waals surface area contributed by atoms with Gasteiger partial charge in [0, 0.05) is 13.2 Å². The van der Waals surface area contributed by atoms with Crippen molar-refractivity contribution in [3.8, 4) is 0 Å². The van der Waals surface area contributed by atoms with Crippen LogP contribution >= 0.6 is 15.9 Å². The van der Waals surface area contributed by atoms with Gasteiger partial charge in [-0.1, -0.05) is 5.16 Å². The Balaban J connectivity index is 2.61. The summed E-state index contributed by atoms with van der Waals surface area (Å²) in [4.78, 5) is 0. The molecule has 0 N–H and O–H groups in total. The van der Waals surface area contributed by atoms with Crippen molar-refractivity contribution in [1.29, 1.82) is 0 Å². The van der Waals surface area contributed by atoms with Crippen LogP contribution in [0.15, 0.2) is 15.2 Å². The number of halogens is 1. The van der Waals surface area contributed by atoms with E-state index in [2.05, 4.69) is 21.1 Å². The van der Waals surface area contributed by atoms with Crippen molar-refractivity contribution in [3.63, 3.8) is 0 Å². The standard InChI is InChI=1S/C5H6BrNO2/c1-8-3-4-2-5(6)7-9-4/h2H,3H2,1H3. The summed E-state index contributed by atoms with van der Waals surface area (Å²) in [6.45, 7) is 0.471. The predicted octanol–water partition coefficient (Wildman–Crippen LogP) is 1.58. The van der Waals surface area contributed by atoms with Gasteiger partial charge in [0.25, 0.3) is 0 Å². The van der Waals surface area contributed by atoms with Crippen LogP contribution in [0.3, 0.4) is 0 Å². The molecule has 0 atom stereocenters. The van der Waals surface area contributed by atoms with Gasteiger partial charge in [0.05, 0.1) is 0 Å². The van der Waals surface area contributed by atoms with E-state index in [-0.39, 0.29) is 0 Å². The van der Waals surface area contributed by atoms with Gasteiger partial charge in [-0.15, -0.1) is 0 Å². The molecule has 0 aliphatic rings. The molecule has 0 amide bonds. The lowest BCUT2D eigenvalue weighted by molar-refractivity contribution is 0.156. The van der Waals surface area contributed by atoms with Crippen LogP contribution in [0.5, 0.6) is 0 Å². The Bertz CT molecular complexity index is 187. The fraction of sp³-hybridized carbons (Fsp3) is 0.400. The molecule has 0 aliphatic heterocycles. The van der Waals surface area contributed by atoms with E-state index in [4.69, 9.17) is 9.26 Å². The largest absolute Gasteiger partial charge is 0.377 e. The van der Waals surface area contributed by atoms with Crippen molar-refractivity contribution >= 4 is 15.9 Å². The number of aromatic nitrogens is 1. The highest BCUT2D eigenvalue weighted by Crippen LogP contribution is 2.09. The van der Waals surface area contributed by atoms with Crippen molar-refractivity contribution in [2.45, 2.75) is 6.61 Å². The fourth-order valence-corrected chi connectivity index (χ4v) is 0.826. The molecule has 0 radical (unpaired) electrons. The zero-order valence-electron chi connectivity index (χ0n) is 4.93. The van der Waals surface area contributed by atoms with Gasteiger partial charge in [-0.05, 0) is 15.9 Å². The summed E-state index contributed by atoms with van der Waals surface area (Å²) in [7, 11) is 1.61. The molecule has 0 unspecified atom stereocenters. The van der Waals surface area contributed by atoms with Crippen molar-refractivity contribution in [2.24, 2.45) is 0 Å². The molecular formula is C5H6BrNO2. The molecule has 1 aromatic heterocycles. The van der Waals surface area contributed by atoms with Gasteiger partial charge in [0.2, 0.25) is 0 Å². The van der Waals surface area contributed by atoms with Crippen LogP contribution in [0.4, 0.5) is 0 Å². The van der Waals surface area contributed by atoms with Gasteiger partial charge < -0.3 is 9.26 Å². The van der Waals surface area contributed by atoms with Crippen molar-refractivity contribution in [3.05, 3.63) is 16.4 Å². The first-order chi connectivity index (χ1) is 4.33. The summed E-state index contributed by atoms with van der Waals surface area (Å²) in [5.74, 6) is 0.726. The molecule has 1 rings (SSSR count). The topological polar surface area (TPSA) is 35.3 Å². The third-order valence-electron chi connectivity index (χ3n) is 0.817. The highest BCUT2D eigenvalue weighted by molar-refractivity contribution is 9.10. The Hall–Kier alpha value is -0.350. The molecular weight excluding hydrogens is 186 g/mol. The molecule has 0 saturated heterocycles. The quantitative estimate of drug-likeness (QED) is 0.713. The maximum atomic E-state index is 4.79. The smallest absolute Gasteiger partial charge is 0.163 e. The van der Waals surface area contributed by atoms with Crippen LogP contribution in [0.2, 0.25) is 0 Å². The molecule has 0 bridgehead atoms. The second-order valence-corrected chi connectivity index (χ2v) is 2.36.